The molecular weight excluding hydrogens is 289 g/mol. The molecule has 1 N–H and O–H groups in total. The summed E-state index contributed by atoms with van der Waals surface area (Å²) in [6, 6.07) is 15.5. The first kappa shape index (κ1) is 15.5. The zero-order chi connectivity index (χ0) is 15.3. The van der Waals surface area contributed by atoms with Crippen LogP contribution < -0.4 is 5.32 Å². The summed E-state index contributed by atoms with van der Waals surface area (Å²) >= 11 is 6.05. The fourth-order valence-corrected chi connectivity index (χ4v) is 2.35. The maximum atomic E-state index is 12.9. The van der Waals surface area contributed by atoms with Gasteiger partial charge in [-0.15, -0.1) is 11.6 Å². The van der Waals surface area contributed by atoms with Gasteiger partial charge in [-0.1, -0.05) is 42.5 Å². The van der Waals surface area contributed by atoms with E-state index in [1.807, 2.05) is 37.3 Å². The Balaban J connectivity index is 2.08. The van der Waals surface area contributed by atoms with Gasteiger partial charge < -0.3 is 5.32 Å². The molecule has 1 atom stereocenters. The highest BCUT2D eigenvalue weighted by Gasteiger charge is 2.27. The lowest BCUT2D eigenvalue weighted by atomic mass is 9.93. The number of rotatable bonds is 5. The van der Waals surface area contributed by atoms with Crippen LogP contribution in [0.15, 0.2) is 54.6 Å². The topological polar surface area (TPSA) is 29.1 Å². The van der Waals surface area contributed by atoms with E-state index in [1.54, 1.807) is 12.1 Å². The predicted octanol–water partition coefficient (Wildman–Crippen LogP) is 3.64. The van der Waals surface area contributed by atoms with Gasteiger partial charge in [-0.2, -0.15) is 0 Å². The summed E-state index contributed by atoms with van der Waals surface area (Å²) in [6.07, 6.45) is 0.194. The molecule has 1 unspecified atom stereocenters. The largest absolute Gasteiger partial charge is 0.345 e. The Morgan fingerprint density at radius 1 is 1.14 bits per heavy atom. The van der Waals surface area contributed by atoms with Gasteiger partial charge in [0.2, 0.25) is 5.91 Å². The molecule has 0 aliphatic carbocycles. The van der Waals surface area contributed by atoms with Crippen molar-refractivity contribution in [2.75, 3.05) is 5.88 Å². The Morgan fingerprint density at radius 3 is 2.33 bits per heavy atom. The summed E-state index contributed by atoms with van der Waals surface area (Å²) < 4.78 is 12.9. The molecule has 0 aliphatic heterocycles. The highest BCUT2D eigenvalue weighted by Crippen LogP contribution is 2.22. The third-order valence-electron chi connectivity index (χ3n) is 3.37. The summed E-state index contributed by atoms with van der Waals surface area (Å²) in [7, 11) is 0. The van der Waals surface area contributed by atoms with E-state index in [9.17, 15) is 9.18 Å². The molecule has 0 spiro atoms. The molecule has 4 heteroatoms. The lowest BCUT2D eigenvalue weighted by Gasteiger charge is -2.29. The summed E-state index contributed by atoms with van der Waals surface area (Å²) in [5.74, 6) is -0.186. The van der Waals surface area contributed by atoms with Gasteiger partial charge in [0, 0.05) is 5.88 Å². The van der Waals surface area contributed by atoms with Gasteiger partial charge >= 0.3 is 0 Å². The molecule has 1 amide bonds. The van der Waals surface area contributed by atoms with E-state index < -0.39 is 5.54 Å². The SMILES string of the molecule is CC(CCl)(NC(=O)Cc1ccc(F)cc1)c1ccccc1. The molecule has 0 aromatic heterocycles. The number of nitrogens with one attached hydrogen (secondary N) is 1. The first-order chi connectivity index (χ1) is 10.0. The van der Waals surface area contributed by atoms with E-state index in [0.717, 1.165) is 11.1 Å². The van der Waals surface area contributed by atoms with Crippen molar-refractivity contribution in [3.05, 3.63) is 71.5 Å². The van der Waals surface area contributed by atoms with Crippen LogP contribution in [-0.2, 0) is 16.8 Å². The molecule has 110 valence electrons. The minimum absolute atomic E-state index is 0.145. The van der Waals surface area contributed by atoms with Crippen LogP contribution in [0.4, 0.5) is 4.39 Å². The molecule has 2 rings (SSSR count). The molecule has 2 nitrogen and oxygen atoms in total. The number of hydrogen-bond donors (Lipinski definition) is 1. The predicted molar refractivity (Wildman–Crippen MR) is 82.8 cm³/mol. The molecule has 21 heavy (non-hydrogen) atoms. The monoisotopic (exact) mass is 305 g/mol. The fourth-order valence-electron chi connectivity index (χ4n) is 2.13. The molecular formula is C17H17ClFNO. The van der Waals surface area contributed by atoms with E-state index >= 15 is 0 Å². The highest BCUT2D eigenvalue weighted by molar-refractivity contribution is 6.18. The second kappa shape index (κ2) is 6.72. The first-order valence-electron chi connectivity index (χ1n) is 6.70. The fraction of sp³-hybridized carbons (Fsp3) is 0.235. The first-order valence-corrected chi connectivity index (χ1v) is 7.24. The van der Waals surface area contributed by atoms with Gasteiger partial charge in [-0.05, 0) is 30.2 Å². The average Bonchev–Trinajstić information content (AvgIpc) is 2.50. The van der Waals surface area contributed by atoms with Gasteiger partial charge in [0.25, 0.3) is 0 Å². The van der Waals surface area contributed by atoms with Crippen LogP contribution in [0.25, 0.3) is 0 Å². The lowest BCUT2D eigenvalue weighted by molar-refractivity contribution is -0.122. The van der Waals surface area contributed by atoms with Gasteiger partial charge in [0.1, 0.15) is 5.82 Å². The lowest BCUT2D eigenvalue weighted by Crippen LogP contribution is -2.45. The van der Waals surface area contributed by atoms with Gasteiger partial charge in [-0.3, -0.25) is 4.79 Å². The molecule has 0 saturated carbocycles. The van der Waals surface area contributed by atoms with Crippen LogP contribution in [0.5, 0.6) is 0 Å². The van der Waals surface area contributed by atoms with Crippen molar-refractivity contribution >= 4 is 17.5 Å². The Hall–Kier alpha value is -1.87. The van der Waals surface area contributed by atoms with Crippen molar-refractivity contribution < 1.29 is 9.18 Å². The average molecular weight is 306 g/mol. The minimum atomic E-state index is -0.625. The molecule has 0 saturated heterocycles. The molecule has 0 bridgehead atoms. The van der Waals surface area contributed by atoms with E-state index in [0.29, 0.717) is 0 Å². The van der Waals surface area contributed by atoms with Crippen molar-refractivity contribution in [2.24, 2.45) is 0 Å². The Bertz CT molecular complexity index is 600. The van der Waals surface area contributed by atoms with E-state index in [1.165, 1.54) is 12.1 Å². The summed E-state index contributed by atoms with van der Waals surface area (Å²) in [6.45, 7) is 1.89. The molecule has 2 aromatic carbocycles. The van der Waals surface area contributed by atoms with E-state index in [4.69, 9.17) is 11.6 Å². The zero-order valence-electron chi connectivity index (χ0n) is 11.8. The Kier molecular flexibility index (Phi) is 4.97. The molecule has 0 heterocycles. The second-order valence-electron chi connectivity index (χ2n) is 5.18. The van der Waals surface area contributed by atoms with Crippen molar-refractivity contribution in [3.8, 4) is 0 Å². The van der Waals surface area contributed by atoms with Gasteiger partial charge in [0.05, 0.1) is 12.0 Å². The number of amides is 1. The minimum Gasteiger partial charge on any atom is -0.345 e. The van der Waals surface area contributed by atoms with Gasteiger partial charge in [0.15, 0.2) is 0 Å². The zero-order valence-corrected chi connectivity index (χ0v) is 12.5. The number of hydrogen-bond acceptors (Lipinski definition) is 1. The standard InChI is InChI=1S/C17H17ClFNO/c1-17(12-18,14-5-3-2-4-6-14)20-16(21)11-13-7-9-15(19)10-8-13/h2-10H,11-12H2,1H3,(H,20,21). The van der Waals surface area contributed by atoms with Crippen LogP contribution in [0.1, 0.15) is 18.1 Å². The third-order valence-corrected chi connectivity index (χ3v) is 3.91. The van der Waals surface area contributed by atoms with Gasteiger partial charge in [-0.25, -0.2) is 4.39 Å². The third kappa shape index (κ3) is 4.05. The van der Waals surface area contributed by atoms with E-state index in [-0.39, 0.29) is 24.0 Å². The normalized spacial score (nSPS) is 13.5. The Labute approximate surface area is 128 Å². The molecule has 0 fully saturated rings. The maximum absolute atomic E-state index is 12.9. The van der Waals surface area contributed by atoms with Crippen LogP contribution in [-0.4, -0.2) is 11.8 Å². The summed E-state index contributed by atoms with van der Waals surface area (Å²) in [4.78, 5) is 12.2. The summed E-state index contributed by atoms with van der Waals surface area (Å²) in [5.41, 5.74) is 1.09. The van der Waals surface area contributed by atoms with Crippen molar-refractivity contribution in [2.45, 2.75) is 18.9 Å². The van der Waals surface area contributed by atoms with Crippen molar-refractivity contribution in [3.63, 3.8) is 0 Å². The van der Waals surface area contributed by atoms with E-state index in [2.05, 4.69) is 5.32 Å². The molecule has 0 radical (unpaired) electrons. The number of benzene rings is 2. The number of alkyl halides is 1. The smallest absolute Gasteiger partial charge is 0.225 e. The number of carbonyl (C=O) groups is 1. The van der Waals surface area contributed by atoms with Crippen LogP contribution in [0.3, 0.4) is 0 Å². The highest BCUT2D eigenvalue weighted by atomic mass is 35.5. The number of halogens is 2. The number of carbonyl (C=O) groups excluding carboxylic acids is 1. The summed E-state index contributed by atoms with van der Waals surface area (Å²) in [5, 5.41) is 2.96. The van der Waals surface area contributed by atoms with Crippen molar-refractivity contribution in [1.29, 1.82) is 0 Å². The van der Waals surface area contributed by atoms with Crippen molar-refractivity contribution in [1.82, 2.24) is 5.32 Å². The molecule has 2 aromatic rings. The molecule has 0 aliphatic rings. The van der Waals surface area contributed by atoms with Crippen LogP contribution >= 0.6 is 11.6 Å². The maximum Gasteiger partial charge on any atom is 0.225 e. The quantitative estimate of drug-likeness (QED) is 0.840. The van der Waals surface area contributed by atoms with Crippen LogP contribution in [0.2, 0.25) is 0 Å². The van der Waals surface area contributed by atoms with Crippen LogP contribution in [0, 0.1) is 5.82 Å². The Morgan fingerprint density at radius 2 is 1.76 bits per heavy atom. The second-order valence-corrected chi connectivity index (χ2v) is 5.45.